The first-order valence-corrected chi connectivity index (χ1v) is 8.84. The summed E-state index contributed by atoms with van der Waals surface area (Å²) in [6, 6.07) is 7.39. The van der Waals surface area contributed by atoms with Crippen LogP contribution in [0.2, 0.25) is 0 Å². The number of aromatic nitrogens is 2. The monoisotopic (exact) mass is 351 g/mol. The van der Waals surface area contributed by atoms with Gasteiger partial charge in [-0.15, -0.1) is 0 Å². The molecule has 0 unspecified atom stereocenters. The third-order valence-electron chi connectivity index (χ3n) is 3.80. The number of carbonyl (C=O) groups is 1. The van der Waals surface area contributed by atoms with Crippen LogP contribution in [-0.2, 0) is 19.6 Å². The summed E-state index contributed by atoms with van der Waals surface area (Å²) in [4.78, 5) is 11.1. The minimum Gasteiger partial charge on any atom is -0.481 e. The summed E-state index contributed by atoms with van der Waals surface area (Å²) in [6.07, 6.45) is 3.11. The molecular weight excluding hydrogens is 334 g/mol. The zero-order valence-electron chi connectivity index (χ0n) is 12.8. The molecule has 1 saturated heterocycles. The maximum absolute atomic E-state index is 12.8. The molecule has 8 nitrogen and oxygen atoms in total. The third kappa shape index (κ3) is 3.32. The van der Waals surface area contributed by atoms with Crippen LogP contribution in [0.25, 0.3) is 5.69 Å². The predicted molar refractivity (Wildman–Crippen MR) is 84.3 cm³/mol. The Labute approximate surface area is 139 Å². The van der Waals surface area contributed by atoms with E-state index in [0.29, 0.717) is 0 Å². The highest BCUT2D eigenvalue weighted by Gasteiger charge is 2.35. The van der Waals surface area contributed by atoms with Crippen molar-refractivity contribution in [1.29, 1.82) is 0 Å². The lowest BCUT2D eigenvalue weighted by Crippen LogP contribution is -2.49. The minimum absolute atomic E-state index is 0.0803. The molecule has 1 N–H and O–H groups in total. The Morgan fingerprint density at radius 1 is 1.33 bits per heavy atom. The first-order chi connectivity index (χ1) is 11.5. The van der Waals surface area contributed by atoms with Gasteiger partial charge in [-0.1, -0.05) is 0 Å². The van der Waals surface area contributed by atoms with Crippen molar-refractivity contribution in [1.82, 2.24) is 14.1 Å². The number of rotatable bonds is 5. The van der Waals surface area contributed by atoms with E-state index in [9.17, 15) is 13.2 Å². The smallest absolute Gasteiger partial charge is 0.305 e. The molecule has 1 aromatic carbocycles. The predicted octanol–water partition coefficient (Wildman–Crippen LogP) is 0.736. The Morgan fingerprint density at radius 3 is 2.71 bits per heavy atom. The van der Waals surface area contributed by atoms with Gasteiger partial charge in [0.25, 0.3) is 0 Å². The molecule has 0 amide bonds. The Hall–Kier alpha value is -2.23. The fraction of sp³-hybridized carbons (Fsp3) is 0.333. The number of morpholine rings is 1. The van der Waals surface area contributed by atoms with Crippen molar-refractivity contribution in [3.63, 3.8) is 0 Å². The van der Waals surface area contributed by atoms with Crippen LogP contribution in [0.15, 0.2) is 47.6 Å². The highest BCUT2D eigenvalue weighted by molar-refractivity contribution is 7.89. The van der Waals surface area contributed by atoms with Crippen molar-refractivity contribution in [3.05, 3.63) is 42.7 Å². The number of carboxylic acid groups (broad SMARTS) is 1. The van der Waals surface area contributed by atoms with Crippen molar-refractivity contribution < 1.29 is 23.1 Å². The molecule has 3 rings (SSSR count). The largest absolute Gasteiger partial charge is 0.481 e. The summed E-state index contributed by atoms with van der Waals surface area (Å²) in [5.41, 5.74) is 0.739. The average Bonchev–Trinajstić information content (AvgIpc) is 3.09. The SMILES string of the molecule is O=C(O)C[C@H]1COCCN1S(=O)(=O)c1ccc(-n2cccn2)cc1. The normalized spacial score (nSPS) is 19.2. The van der Waals surface area contributed by atoms with Gasteiger partial charge >= 0.3 is 5.97 Å². The number of benzene rings is 1. The lowest BCUT2D eigenvalue weighted by atomic mass is 10.2. The van der Waals surface area contributed by atoms with Crippen LogP contribution in [0.3, 0.4) is 0 Å². The summed E-state index contributed by atoms with van der Waals surface area (Å²) in [6.45, 7) is 0.471. The highest BCUT2D eigenvalue weighted by Crippen LogP contribution is 2.23. The Morgan fingerprint density at radius 2 is 2.08 bits per heavy atom. The lowest BCUT2D eigenvalue weighted by Gasteiger charge is -2.33. The van der Waals surface area contributed by atoms with E-state index < -0.39 is 22.0 Å². The van der Waals surface area contributed by atoms with Crippen molar-refractivity contribution in [2.24, 2.45) is 0 Å². The molecule has 2 aromatic rings. The van der Waals surface area contributed by atoms with E-state index in [1.807, 2.05) is 0 Å². The summed E-state index contributed by atoms with van der Waals surface area (Å²) in [5, 5.41) is 13.1. The maximum Gasteiger partial charge on any atom is 0.305 e. The lowest BCUT2D eigenvalue weighted by molar-refractivity contribution is -0.139. The summed E-state index contributed by atoms with van der Waals surface area (Å²) < 4.78 is 33.7. The van der Waals surface area contributed by atoms with Crippen LogP contribution >= 0.6 is 0 Å². The highest BCUT2D eigenvalue weighted by atomic mass is 32.2. The van der Waals surface area contributed by atoms with Crippen LogP contribution in [0.5, 0.6) is 0 Å². The summed E-state index contributed by atoms with van der Waals surface area (Å²) in [7, 11) is -3.78. The van der Waals surface area contributed by atoms with Gasteiger partial charge in [0.2, 0.25) is 10.0 Å². The molecule has 1 aliphatic heterocycles. The molecule has 128 valence electrons. The van der Waals surface area contributed by atoms with Crippen LogP contribution in [0.4, 0.5) is 0 Å². The Bertz CT molecular complexity index is 802. The van der Waals surface area contributed by atoms with E-state index in [1.165, 1.54) is 16.4 Å². The van der Waals surface area contributed by atoms with Crippen molar-refractivity contribution in [3.8, 4) is 5.69 Å². The van der Waals surface area contributed by atoms with Gasteiger partial charge in [0.05, 0.1) is 36.3 Å². The zero-order chi connectivity index (χ0) is 17.2. The minimum atomic E-state index is -3.78. The Kier molecular flexibility index (Phi) is 4.65. The summed E-state index contributed by atoms with van der Waals surface area (Å²) >= 11 is 0. The quantitative estimate of drug-likeness (QED) is 0.852. The average molecular weight is 351 g/mol. The zero-order valence-corrected chi connectivity index (χ0v) is 13.6. The molecule has 1 fully saturated rings. The second-order valence-electron chi connectivity index (χ2n) is 5.39. The van der Waals surface area contributed by atoms with Crippen LogP contribution < -0.4 is 0 Å². The van der Waals surface area contributed by atoms with Gasteiger partial charge in [0.15, 0.2) is 0 Å². The van der Waals surface area contributed by atoms with E-state index in [0.717, 1.165) is 5.69 Å². The fourth-order valence-electron chi connectivity index (χ4n) is 2.65. The van der Waals surface area contributed by atoms with Crippen molar-refractivity contribution in [2.45, 2.75) is 17.4 Å². The van der Waals surface area contributed by atoms with Crippen LogP contribution in [0, 0.1) is 0 Å². The van der Waals surface area contributed by atoms with E-state index in [2.05, 4.69) is 5.10 Å². The number of nitrogens with zero attached hydrogens (tertiary/aromatic N) is 3. The van der Waals surface area contributed by atoms with E-state index in [-0.39, 0.29) is 31.1 Å². The molecule has 9 heteroatoms. The molecule has 0 bridgehead atoms. The molecule has 1 aromatic heterocycles. The van der Waals surface area contributed by atoms with Gasteiger partial charge in [0, 0.05) is 18.9 Å². The number of hydrogen-bond acceptors (Lipinski definition) is 5. The topological polar surface area (TPSA) is 102 Å². The van der Waals surface area contributed by atoms with E-state index >= 15 is 0 Å². The molecule has 24 heavy (non-hydrogen) atoms. The van der Waals surface area contributed by atoms with Gasteiger partial charge < -0.3 is 9.84 Å². The molecule has 0 saturated carbocycles. The molecule has 0 radical (unpaired) electrons. The molecule has 1 aliphatic rings. The first-order valence-electron chi connectivity index (χ1n) is 7.40. The van der Waals surface area contributed by atoms with Gasteiger partial charge in [-0.05, 0) is 30.3 Å². The second kappa shape index (κ2) is 6.71. The van der Waals surface area contributed by atoms with Crippen LogP contribution in [-0.4, -0.2) is 59.4 Å². The Balaban J connectivity index is 1.87. The number of carboxylic acids is 1. The number of aliphatic carboxylic acids is 1. The standard InChI is InChI=1S/C15H17N3O5S/c19-15(20)10-13-11-23-9-8-18(13)24(21,22)14-4-2-12(3-5-14)17-7-1-6-16-17/h1-7,13H,8-11H2,(H,19,20)/t13-/m0/s1. The molecule has 0 aliphatic carbocycles. The molecule has 2 heterocycles. The van der Waals surface area contributed by atoms with Crippen molar-refractivity contribution >= 4 is 16.0 Å². The molecule has 0 spiro atoms. The molecular formula is C15H17N3O5S. The third-order valence-corrected chi connectivity index (χ3v) is 5.76. The van der Waals surface area contributed by atoms with Gasteiger partial charge in [-0.3, -0.25) is 4.79 Å². The number of ether oxygens (including phenoxy) is 1. The van der Waals surface area contributed by atoms with Crippen LogP contribution in [0.1, 0.15) is 6.42 Å². The maximum atomic E-state index is 12.8. The van der Waals surface area contributed by atoms with E-state index in [1.54, 1.807) is 35.3 Å². The molecule has 1 atom stereocenters. The van der Waals surface area contributed by atoms with E-state index in [4.69, 9.17) is 9.84 Å². The fourth-order valence-corrected chi connectivity index (χ4v) is 4.24. The van der Waals surface area contributed by atoms with Crippen molar-refractivity contribution in [2.75, 3.05) is 19.8 Å². The van der Waals surface area contributed by atoms with Gasteiger partial charge in [-0.2, -0.15) is 9.40 Å². The first kappa shape index (κ1) is 16.6. The van der Waals surface area contributed by atoms with Gasteiger partial charge in [-0.25, -0.2) is 13.1 Å². The summed E-state index contributed by atoms with van der Waals surface area (Å²) in [5.74, 6) is -1.06. The number of hydrogen-bond donors (Lipinski definition) is 1. The number of sulfonamides is 1. The second-order valence-corrected chi connectivity index (χ2v) is 7.28. The van der Waals surface area contributed by atoms with Gasteiger partial charge in [0.1, 0.15) is 0 Å².